The number of nitrogens with one attached hydrogen (secondary N) is 2. The van der Waals surface area contributed by atoms with Gasteiger partial charge in [0, 0.05) is 29.4 Å². The smallest absolute Gasteiger partial charge is 0.250 e. The number of ether oxygens (including phenoxy) is 1. The van der Waals surface area contributed by atoms with Crippen LogP contribution in [0, 0.1) is 0 Å². The van der Waals surface area contributed by atoms with Crippen LogP contribution < -0.4 is 10.6 Å². The van der Waals surface area contributed by atoms with Gasteiger partial charge in [0.05, 0.1) is 12.7 Å². The van der Waals surface area contributed by atoms with Gasteiger partial charge in [-0.05, 0) is 35.0 Å². The van der Waals surface area contributed by atoms with Crippen molar-refractivity contribution >= 4 is 44.9 Å². The van der Waals surface area contributed by atoms with Crippen molar-refractivity contribution in [2.24, 2.45) is 0 Å². The van der Waals surface area contributed by atoms with E-state index in [1.165, 1.54) is 7.11 Å². The van der Waals surface area contributed by atoms with Gasteiger partial charge in [0.25, 0.3) is 0 Å². The normalized spacial score (nSPS) is 10.9. The Labute approximate surface area is 167 Å². The summed E-state index contributed by atoms with van der Waals surface area (Å²) in [4.78, 5) is 24.3. The number of hydrogen-bond acceptors (Lipinski definition) is 4. The van der Waals surface area contributed by atoms with Crippen LogP contribution in [-0.4, -0.2) is 25.5 Å². The molecule has 0 aliphatic rings. The highest BCUT2D eigenvalue weighted by atomic mass is 16.5. The maximum absolute atomic E-state index is 12.6. The Kier molecular flexibility index (Phi) is 5.27. The molecule has 4 aromatic rings. The van der Waals surface area contributed by atoms with E-state index < -0.39 is 0 Å². The van der Waals surface area contributed by atoms with Crippen LogP contribution in [0.5, 0.6) is 0 Å². The number of benzene rings is 3. The second-order valence-electron chi connectivity index (χ2n) is 6.71. The number of furan rings is 1. The Morgan fingerprint density at radius 2 is 1.69 bits per heavy atom. The Balaban J connectivity index is 1.52. The van der Waals surface area contributed by atoms with Gasteiger partial charge in [0.2, 0.25) is 11.8 Å². The molecule has 0 aliphatic carbocycles. The van der Waals surface area contributed by atoms with Gasteiger partial charge < -0.3 is 19.8 Å². The van der Waals surface area contributed by atoms with Gasteiger partial charge in [-0.2, -0.15) is 0 Å². The highest BCUT2D eigenvalue weighted by Crippen LogP contribution is 2.30. The van der Waals surface area contributed by atoms with Crippen LogP contribution in [0.4, 0.5) is 11.4 Å². The quantitative estimate of drug-likeness (QED) is 0.515. The zero-order valence-corrected chi connectivity index (χ0v) is 15.9. The molecule has 3 aromatic carbocycles. The fourth-order valence-corrected chi connectivity index (χ4v) is 3.39. The lowest BCUT2D eigenvalue weighted by Gasteiger charge is -2.09. The van der Waals surface area contributed by atoms with E-state index >= 15 is 0 Å². The Morgan fingerprint density at radius 3 is 2.48 bits per heavy atom. The Hall–Kier alpha value is -3.64. The van der Waals surface area contributed by atoms with Crippen molar-refractivity contribution in [1.29, 1.82) is 0 Å². The summed E-state index contributed by atoms with van der Waals surface area (Å²) in [5.41, 5.74) is 2.78. The Morgan fingerprint density at radius 1 is 0.931 bits per heavy atom. The topological polar surface area (TPSA) is 80.6 Å². The van der Waals surface area contributed by atoms with Gasteiger partial charge >= 0.3 is 0 Å². The third-order valence-electron chi connectivity index (χ3n) is 4.60. The highest BCUT2D eigenvalue weighted by molar-refractivity contribution is 6.09. The van der Waals surface area contributed by atoms with Crippen LogP contribution in [0.3, 0.4) is 0 Å². The predicted octanol–water partition coefficient (Wildman–Crippen LogP) is 4.35. The molecule has 0 radical (unpaired) electrons. The number of amides is 2. The number of carbonyl (C=O) groups excluding carboxylic acids is 2. The maximum Gasteiger partial charge on any atom is 0.250 e. The lowest BCUT2D eigenvalue weighted by molar-refractivity contribution is -0.119. The molecule has 2 N–H and O–H groups in total. The average Bonchev–Trinajstić information content (AvgIpc) is 3.11. The van der Waals surface area contributed by atoms with E-state index in [1.54, 1.807) is 30.5 Å². The lowest BCUT2D eigenvalue weighted by atomic mass is 10.0. The van der Waals surface area contributed by atoms with Crippen LogP contribution in [-0.2, 0) is 20.7 Å². The first-order valence-electron chi connectivity index (χ1n) is 9.20. The number of rotatable bonds is 6. The zero-order chi connectivity index (χ0) is 20.2. The summed E-state index contributed by atoms with van der Waals surface area (Å²) in [6.07, 6.45) is 1.82. The minimum atomic E-state index is -0.257. The number of carbonyl (C=O) groups is 2. The molecule has 0 bridgehead atoms. The summed E-state index contributed by atoms with van der Waals surface area (Å²) in [6, 6.07) is 18.9. The molecule has 146 valence electrons. The molecule has 6 heteroatoms. The summed E-state index contributed by atoms with van der Waals surface area (Å²) in [5, 5.41) is 8.71. The molecule has 4 rings (SSSR count). The van der Waals surface area contributed by atoms with Crippen molar-refractivity contribution in [3.05, 3.63) is 72.5 Å². The predicted molar refractivity (Wildman–Crippen MR) is 113 cm³/mol. The Bertz CT molecular complexity index is 1200. The molecular formula is C23H20N2O4. The first kappa shape index (κ1) is 18.7. The molecule has 0 saturated heterocycles. The van der Waals surface area contributed by atoms with Gasteiger partial charge in [0.15, 0.2) is 0 Å². The van der Waals surface area contributed by atoms with E-state index in [4.69, 9.17) is 9.15 Å². The molecule has 0 saturated carbocycles. The minimum Gasteiger partial charge on any atom is -0.464 e. The number of hydrogen-bond donors (Lipinski definition) is 2. The first-order valence-corrected chi connectivity index (χ1v) is 9.20. The van der Waals surface area contributed by atoms with Crippen LogP contribution >= 0.6 is 0 Å². The monoisotopic (exact) mass is 388 g/mol. The summed E-state index contributed by atoms with van der Waals surface area (Å²) in [7, 11) is 1.46. The highest BCUT2D eigenvalue weighted by Gasteiger charge is 2.13. The molecule has 0 unspecified atom stereocenters. The van der Waals surface area contributed by atoms with Crippen molar-refractivity contribution < 1.29 is 18.7 Å². The average molecular weight is 388 g/mol. The van der Waals surface area contributed by atoms with E-state index in [9.17, 15) is 9.59 Å². The first-order chi connectivity index (χ1) is 14.1. The zero-order valence-electron chi connectivity index (χ0n) is 15.9. The van der Waals surface area contributed by atoms with Crippen molar-refractivity contribution in [2.45, 2.75) is 6.42 Å². The van der Waals surface area contributed by atoms with Crippen molar-refractivity contribution in [3.63, 3.8) is 0 Å². The van der Waals surface area contributed by atoms with Crippen LogP contribution in [0.25, 0.3) is 21.7 Å². The number of methoxy groups -OCH3 is 1. The molecule has 1 heterocycles. The van der Waals surface area contributed by atoms with Gasteiger partial charge in [-0.1, -0.05) is 36.4 Å². The molecule has 6 nitrogen and oxygen atoms in total. The van der Waals surface area contributed by atoms with Crippen LogP contribution in [0.1, 0.15) is 5.56 Å². The SMILES string of the molecule is COCC(=O)Nc1cccc(NC(=O)Cc2coc3ccc4ccccc4c23)c1. The molecule has 0 fully saturated rings. The molecule has 1 aromatic heterocycles. The van der Waals surface area contributed by atoms with Crippen LogP contribution in [0.2, 0.25) is 0 Å². The standard InChI is InChI=1S/C23H20N2O4/c1-28-14-22(27)25-18-7-4-6-17(12-18)24-21(26)11-16-13-29-20-10-9-15-5-2-3-8-19(15)23(16)20/h2-10,12-13H,11,14H2,1H3,(H,24,26)(H,25,27). The summed E-state index contributed by atoms with van der Waals surface area (Å²) >= 11 is 0. The largest absolute Gasteiger partial charge is 0.464 e. The molecule has 0 atom stereocenters. The van der Waals surface area contributed by atoms with Crippen molar-refractivity contribution in [1.82, 2.24) is 0 Å². The van der Waals surface area contributed by atoms with E-state index in [-0.39, 0.29) is 24.8 Å². The summed E-state index contributed by atoms with van der Waals surface area (Å²) < 4.78 is 10.5. The van der Waals surface area contributed by atoms with E-state index in [0.29, 0.717) is 11.4 Å². The van der Waals surface area contributed by atoms with Gasteiger partial charge in [0.1, 0.15) is 12.2 Å². The maximum atomic E-state index is 12.6. The van der Waals surface area contributed by atoms with E-state index in [2.05, 4.69) is 10.6 Å². The van der Waals surface area contributed by atoms with Gasteiger partial charge in [-0.15, -0.1) is 0 Å². The van der Waals surface area contributed by atoms with Gasteiger partial charge in [-0.25, -0.2) is 0 Å². The fraction of sp³-hybridized carbons (Fsp3) is 0.130. The molecule has 2 amide bonds. The summed E-state index contributed by atoms with van der Waals surface area (Å²) in [6.45, 7) is -0.0297. The minimum absolute atomic E-state index is 0.0297. The molecule has 0 aliphatic heterocycles. The third kappa shape index (κ3) is 4.12. The second-order valence-corrected chi connectivity index (χ2v) is 6.71. The molecule has 0 spiro atoms. The molecular weight excluding hydrogens is 368 g/mol. The number of anilines is 2. The number of fused-ring (bicyclic) bond motifs is 3. The van der Waals surface area contributed by atoms with E-state index in [1.807, 2.05) is 36.4 Å². The second kappa shape index (κ2) is 8.16. The lowest BCUT2D eigenvalue weighted by Crippen LogP contribution is -2.18. The molecule has 29 heavy (non-hydrogen) atoms. The van der Waals surface area contributed by atoms with Crippen molar-refractivity contribution in [2.75, 3.05) is 24.4 Å². The third-order valence-corrected chi connectivity index (χ3v) is 4.60. The van der Waals surface area contributed by atoms with Gasteiger partial charge in [-0.3, -0.25) is 9.59 Å². The summed E-state index contributed by atoms with van der Waals surface area (Å²) in [5.74, 6) is -0.422. The van der Waals surface area contributed by atoms with Crippen molar-refractivity contribution in [3.8, 4) is 0 Å². The van der Waals surface area contributed by atoms with E-state index in [0.717, 1.165) is 27.3 Å². The fourth-order valence-electron chi connectivity index (χ4n) is 3.39. The van der Waals surface area contributed by atoms with Crippen LogP contribution in [0.15, 0.2) is 71.3 Å².